The zero-order valence-corrected chi connectivity index (χ0v) is 11.8. The van der Waals surface area contributed by atoms with Gasteiger partial charge in [0.1, 0.15) is 0 Å². The molecule has 0 radical (unpaired) electrons. The van der Waals surface area contributed by atoms with Crippen LogP contribution in [0.25, 0.3) is 0 Å². The van der Waals surface area contributed by atoms with Crippen molar-refractivity contribution in [3.63, 3.8) is 0 Å². The first kappa shape index (κ1) is 13.9. The summed E-state index contributed by atoms with van der Waals surface area (Å²) in [6, 6.07) is 6.18. The first-order valence-corrected chi connectivity index (χ1v) is 6.51. The fourth-order valence-electron chi connectivity index (χ4n) is 2.12. The highest BCUT2D eigenvalue weighted by Gasteiger charge is 2.12. The first-order valence-electron chi connectivity index (χ1n) is 6.51. The van der Waals surface area contributed by atoms with E-state index < -0.39 is 0 Å². The quantitative estimate of drug-likeness (QED) is 0.787. The lowest BCUT2D eigenvalue weighted by Crippen LogP contribution is -2.31. The summed E-state index contributed by atoms with van der Waals surface area (Å²) >= 11 is 0. The Balaban J connectivity index is 2.98. The van der Waals surface area contributed by atoms with E-state index in [0.717, 1.165) is 18.8 Å². The molecule has 0 atom stereocenters. The van der Waals surface area contributed by atoms with E-state index in [-0.39, 0.29) is 0 Å². The molecule has 0 fully saturated rings. The summed E-state index contributed by atoms with van der Waals surface area (Å²) in [5.41, 5.74) is 9.34. The fraction of sp³-hybridized carbons (Fsp3) is 0.600. The largest absolute Gasteiger partial charge is 0.399 e. The van der Waals surface area contributed by atoms with Crippen LogP contribution >= 0.6 is 0 Å². The Morgan fingerprint density at radius 2 is 1.59 bits per heavy atom. The van der Waals surface area contributed by atoms with E-state index in [9.17, 15) is 0 Å². The predicted octanol–water partition coefficient (Wildman–Crippen LogP) is 3.70. The topological polar surface area (TPSA) is 29.3 Å². The lowest BCUT2D eigenvalue weighted by atomic mass is 10.1. The molecule has 2 nitrogen and oxygen atoms in total. The van der Waals surface area contributed by atoms with Crippen LogP contribution in [0, 0.1) is 18.8 Å². The van der Waals surface area contributed by atoms with Crippen LogP contribution in [0.15, 0.2) is 18.2 Å². The molecule has 0 spiro atoms. The SMILES string of the molecule is Cc1ccc(N)cc1N(CC(C)C)CC(C)C. The number of aryl methyl sites for hydroxylation is 1. The summed E-state index contributed by atoms with van der Waals surface area (Å²) < 4.78 is 0. The Kier molecular flexibility index (Phi) is 4.86. The standard InChI is InChI=1S/C15H26N2/c1-11(2)9-17(10-12(3)4)15-8-14(16)7-6-13(15)5/h6-8,11-12H,9-10,16H2,1-5H3. The van der Waals surface area contributed by atoms with Gasteiger partial charge in [0.25, 0.3) is 0 Å². The van der Waals surface area contributed by atoms with Crippen molar-refractivity contribution < 1.29 is 0 Å². The van der Waals surface area contributed by atoms with Gasteiger partial charge in [0.05, 0.1) is 0 Å². The number of hydrogen-bond acceptors (Lipinski definition) is 2. The van der Waals surface area contributed by atoms with E-state index in [1.54, 1.807) is 0 Å². The van der Waals surface area contributed by atoms with Crippen LogP contribution in [0.1, 0.15) is 33.3 Å². The van der Waals surface area contributed by atoms with Gasteiger partial charge >= 0.3 is 0 Å². The van der Waals surface area contributed by atoms with Gasteiger partial charge in [0, 0.05) is 24.5 Å². The second-order valence-corrected chi connectivity index (χ2v) is 5.74. The molecule has 0 aliphatic carbocycles. The molecule has 1 aromatic carbocycles. The van der Waals surface area contributed by atoms with Gasteiger partial charge in [-0.1, -0.05) is 33.8 Å². The zero-order chi connectivity index (χ0) is 13.0. The Hall–Kier alpha value is -1.18. The van der Waals surface area contributed by atoms with Crippen molar-refractivity contribution in [1.82, 2.24) is 0 Å². The molecule has 0 saturated heterocycles. The van der Waals surface area contributed by atoms with Gasteiger partial charge in [-0.25, -0.2) is 0 Å². The van der Waals surface area contributed by atoms with E-state index in [4.69, 9.17) is 5.73 Å². The highest BCUT2D eigenvalue weighted by Crippen LogP contribution is 2.24. The molecule has 0 aliphatic heterocycles. The van der Waals surface area contributed by atoms with Crippen LogP contribution < -0.4 is 10.6 Å². The summed E-state index contributed by atoms with van der Waals surface area (Å²) in [5.74, 6) is 1.32. The van der Waals surface area contributed by atoms with Crippen LogP contribution in [-0.2, 0) is 0 Å². The Labute approximate surface area is 106 Å². The van der Waals surface area contributed by atoms with Gasteiger partial charge in [0.2, 0.25) is 0 Å². The van der Waals surface area contributed by atoms with Crippen LogP contribution in [0.3, 0.4) is 0 Å². The van der Waals surface area contributed by atoms with Gasteiger partial charge in [-0.15, -0.1) is 0 Å². The molecule has 0 unspecified atom stereocenters. The summed E-state index contributed by atoms with van der Waals surface area (Å²) in [6.45, 7) is 13.4. The van der Waals surface area contributed by atoms with E-state index >= 15 is 0 Å². The summed E-state index contributed by atoms with van der Waals surface area (Å²) in [4.78, 5) is 2.46. The van der Waals surface area contributed by atoms with E-state index in [1.165, 1.54) is 11.3 Å². The van der Waals surface area contributed by atoms with Crippen LogP contribution in [-0.4, -0.2) is 13.1 Å². The third-order valence-corrected chi connectivity index (χ3v) is 2.74. The third kappa shape index (κ3) is 4.29. The van der Waals surface area contributed by atoms with Crippen molar-refractivity contribution in [2.45, 2.75) is 34.6 Å². The average molecular weight is 234 g/mol. The maximum absolute atomic E-state index is 5.90. The van der Waals surface area contributed by atoms with Crippen molar-refractivity contribution in [2.24, 2.45) is 11.8 Å². The molecule has 17 heavy (non-hydrogen) atoms. The van der Waals surface area contributed by atoms with E-state index in [2.05, 4.69) is 51.7 Å². The minimum Gasteiger partial charge on any atom is -0.399 e. The third-order valence-electron chi connectivity index (χ3n) is 2.74. The number of nitrogens with two attached hydrogens (primary N) is 1. The number of anilines is 2. The Bertz CT molecular complexity index is 346. The van der Waals surface area contributed by atoms with Crippen molar-refractivity contribution in [3.8, 4) is 0 Å². The molecule has 2 N–H and O–H groups in total. The van der Waals surface area contributed by atoms with Gasteiger partial charge in [-0.05, 0) is 36.5 Å². The fourth-order valence-corrected chi connectivity index (χ4v) is 2.12. The Morgan fingerprint density at radius 1 is 1.06 bits per heavy atom. The smallest absolute Gasteiger partial charge is 0.0416 e. The van der Waals surface area contributed by atoms with Crippen molar-refractivity contribution >= 4 is 11.4 Å². The maximum Gasteiger partial charge on any atom is 0.0416 e. The lowest BCUT2D eigenvalue weighted by Gasteiger charge is -2.30. The second-order valence-electron chi connectivity index (χ2n) is 5.74. The molecule has 1 rings (SSSR count). The summed E-state index contributed by atoms with van der Waals surface area (Å²) in [5, 5.41) is 0. The van der Waals surface area contributed by atoms with Gasteiger partial charge < -0.3 is 10.6 Å². The number of nitrogen functional groups attached to an aromatic ring is 1. The second kappa shape index (κ2) is 5.95. The molecule has 1 aromatic rings. The van der Waals surface area contributed by atoms with Crippen LogP contribution in [0.5, 0.6) is 0 Å². The number of rotatable bonds is 5. The van der Waals surface area contributed by atoms with Crippen LogP contribution in [0.2, 0.25) is 0 Å². The van der Waals surface area contributed by atoms with Crippen molar-refractivity contribution in [2.75, 3.05) is 23.7 Å². The first-order chi connectivity index (χ1) is 7.90. The highest BCUT2D eigenvalue weighted by atomic mass is 15.1. The van der Waals surface area contributed by atoms with E-state index in [1.807, 2.05) is 6.07 Å². The monoisotopic (exact) mass is 234 g/mol. The molecule has 96 valence electrons. The number of hydrogen-bond donors (Lipinski definition) is 1. The highest BCUT2D eigenvalue weighted by molar-refractivity contribution is 5.60. The molecule has 0 bridgehead atoms. The molecule has 0 saturated carbocycles. The molecule has 0 amide bonds. The lowest BCUT2D eigenvalue weighted by molar-refractivity contribution is 0.552. The molecular formula is C15H26N2. The summed E-state index contributed by atoms with van der Waals surface area (Å²) in [7, 11) is 0. The number of nitrogens with zero attached hydrogens (tertiary/aromatic N) is 1. The van der Waals surface area contributed by atoms with Crippen LogP contribution in [0.4, 0.5) is 11.4 Å². The number of benzene rings is 1. The minimum absolute atomic E-state index is 0.662. The van der Waals surface area contributed by atoms with Gasteiger partial charge in [-0.2, -0.15) is 0 Å². The average Bonchev–Trinajstić information content (AvgIpc) is 2.19. The zero-order valence-electron chi connectivity index (χ0n) is 11.8. The minimum atomic E-state index is 0.662. The molecular weight excluding hydrogens is 208 g/mol. The van der Waals surface area contributed by atoms with Gasteiger partial charge in [-0.3, -0.25) is 0 Å². The summed E-state index contributed by atoms with van der Waals surface area (Å²) in [6.07, 6.45) is 0. The normalized spacial score (nSPS) is 11.2. The molecule has 0 aliphatic rings. The van der Waals surface area contributed by atoms with Crippen molar-refractivity contribution in [1.29, 1.82) is 0 Å². The predicted molar refractivity (Wildman–Crippen MR) is 77.5 cm³/mol. The van der Waals surface area contributed by atoms with Crippen molar-refractivity contribution in [3.05, 3.63) is 23.8 Å². The molecule has 0 heterocycles. The van der Waals surface area contributed by atoms with Gasteiger partial charge in [0.15, 0.2) is 0 Å². The molecule has 2 heteroatoms. The Morgan fingerprint density at radius 3 is 2.06 bits per heavy atom. The van der Waals surface area contributed by atoms with E-state index in [0.29, 0.717) is 11.8 Å². The molecule has 0 aromatic heterocycles. The maximum atomic E-state index is 5.90.